The maximum atomic E-state index is 6.86. The van der Waals surface area contributed by atoms with E-state index in [9.17, 15) is 0 Å². The quantitative estimate of drug-likeness (QED) is 0.543. The van der Waals surface area contributed by atoms with Gasteiger partial charge in [0.25, 0.3) is 0 Å². The summed E-state index contributed by atoms with van der Waals surface area (Å²) in [4.78, 5) is 4.08. The third kappa shape index (κ3) is 2.59. The highest BCUT2D eigenvalue weighted by atomic mass is 16.5. The molecule has 0 saturated heterocycles. The summed E-state index contributed by atoms with van der Waals surface area (Å²) in [5, 5.41) is 9.74. The van der Waals surface area contributed by atoms with Crippen LogP contribution in [0.5, 0.6) is 5.88 Å². The van der Waals surface area contributed by atoms with Gasteiger partial charge in [-0.15, -0.1) is 0 Å². The average Bonchev–Trinajstić information content (AvgIpc) is 2.18. The lowest BCUT2D eigenvalue weighted by molar-refractivity contribution is 0.441. The monoisotopic (exact) mass is 177 g/mol. The molecule has 2 N–H and O–H groups in total. The second-order valence-electron chi connectivity index (χ2n) is 2.32. The fourth-order valence-electron chi connectivity index (χ4n) is 0.775. The Morgan fingerprint density at radius 3 is 3.08 bits per heavy atom. The van der Waals surface area contributed by atoms with Gasteiger partial charge >= 0.3 is 0 Å². The Labute approximate surface area is 76.8 Å². The standard InChI is InChI=1S/C9H11N3O/c1-7(6-10)13-9-5-3-4-8(11-2)12-9/h3-6,10H,1H2,2H3,(H,11,12). The summed E-state index contributed by atoms with van der Waals surface area (Å²) < 4.78 is 5.12. The molecule has 0 unspecified atom stereocenters. The molecule has 1 aromatic heterocycles. The van der Waals surface area contributed by atoms with E-state index in [2.05, 4.69) is 16.9 Å². The number of hydrogen-bond acceptors (Lipinski definition) is 4. The summed E-state index contributed by atoms with van der Waals surface area (Å²) in [5.74, 6) is 1.41. The first kappa shape index (κ1) is 9.25. The molecule has 0 aliphatic rings. The van der Waals surface area contributed by atoms with E-state index in [4.69, 9.17) is 10.1 Å². The van der Waals surface area contributed by atoms with Crippen LogP contribution >= 0.6 is 0 Å². The first-order valence-corrected chi connectivity index (χ1v) is 3.78. The van der Waals surface area contributed by atoms with Crippen molar-refractivity contribution in [1.82, 2.24) is 4.98 Å². The maximum absolute atomic E-state index is 6.86. The Morgan fingerprint density at radius 2 is 2.46 bits per heavy atom. The Bertz CT molecular complexity index is 322. The van der Waals surface area contributed by atoms with Gasteiger partial charge in [-0.2, -0.15) is 4.98 Å². The summed E-state index contributed by atoms with van der Waals surface area (Å²) in [6.07, 6.45) is 1.04. The molecule has 0 atom stereocenters. The maximum Gasteiger partial charge on any atom is 0.221 e. The van der Waals surface area contributed by atoms with Crippen molar-refractivity contribution in [2.24, 2.45) is 0 Å². The smallest absolute Gasteiger partial charge is 0.221 e. The Hall–Kier alpha value is -1.84. The lowest BCUT2D eigenvalue weighted by Crippen LogP contribution is -1.98. The molecule has 4 nitrogen and oxygen atoms in total. The topological polar surface area (TPSA) is 58.0 Å². The molecule has 0 spiro atoms. The van der Waals surface area contributed by atoms with Gasteiger partial charge in [-0.1, -0.05) is 12.6 Å². The number of ether oxygens (including phenoxy) is 1. The predicted molar refractivity (Wildman–Crippen MR) is 52.3 cm³/mol. The van der Waals surface area contributed by atoms with Gasteiger partial charge in [-0.25, -0.2) is 0 Å². The zero-order valence-corrected chi connectivity index (χ0v) is 7.37. The fourth-order valence-corrected chi connectivity index (χ4v) is 0.775. The Balaban J connectivity index is 2.77. The molecule has 0 saturated carbocycles. The zero-order chi connectivity index (χ0) is 9.68. The molecule has 1 rings (SSSR count). The fraction of sp³-hybridized carbons (Fsp3) is 0.111. The molecular formula is C9H11N3O. The van der Waals surface area contributed by atoms with Gasteiger partial charge in [0.1, 0.15) is 11.6 Å². The van der Waals surface area contributed by atoms with Crippen LogP contribution in [0.15, 0.2) is 30.5 Å². The van der Waals surface area contributed by atoms with E-state index in [1.807, 2.05) is 12.1 Å². The lowest BCUT2D eigenvalue weighted by atomic mass is 10.4. The van der Waals surface area contributed by atoms with Crippen molar-refractivity contribution in [2.75, 3.05) is 12.4 Å². The van der Waals surface area contributed by atoms with E-state index in [1.54, 1.807) is 13.1 Å². The lowest BCUT2D eigenvalue weighted by Gasteiger charge is -2.04. The van der Waals surface area contributed by atoms with Gasteiger partial charge < -0.3 is 15.5 Å². The molecule has 13 heavy (non-hydrogen) atoms. The van der Waals surface area contributed by atoms with Crippen molar-refractivity contribution in [3.05, 3.63) is 30.5 Å². The minimum Gasteiger partial charge on any atom is -0.438 e. The first-order chi connectivity index (χ1) is 6.26. The summed E-state index contributed by atoms with van der Waals surface area (Å²) in [7, 11) is 1.78. The number of allylic oxidation sites excluding steroid dienone is 1. The van der Waals surface area contributed by atoms with Gasteiger partial charge in [0.2, 0.25) is 5.88 Å². The largest absolute Gasteiger partial charge is 0.438 e. The number of rotatable bonds is 4. The van der Waals surface area contributed by atoms with Gasteiger partial charge in [0, 0.05) is 13.1 Å². The Morgan fingerprint density at radius 1 is 1.69 bits per heavy atom. The van der Waals surface area contributed by atoms with Crippen LogP contribution in [0, 0.1) is 5.41 Å². The van der Waals surface area contributed by atoms with Crippen LogP contribution in [0.4, 0.5) is 5.82 Å². The van der Waals surface area contributed by atoms with E-state index in [0.29, 0.717) is 5.88 Å². The molecular weight excluding hydrogens is 166 g/mol. The van der Waals surface area contributed by atoms with E-state index < -0.39 is 0 Å². The van der Waals surface area contributed by atoms with Crippen LogP contribution in [-0.4, -0.2) is 18.2 Å². The number of nitrogens with zero attached hydrogens (tertiary/aromatic N) is 1. The second kappa shape index (κ2) is 4.25. The molecule has 1 heterocycles. The van der Waals surface area contributed by atoms with E-state index >= 15 is 0 Å². The summed E-state index contributed by atoms with van der Waals surface area (Å²) in [5.41, 5.74) is 0. The molecule has 0 aromatic carbocycles. The predicted octanol–water partition coefficient (Wildman–Crippen LogP) is 1.67. The molecule has 0 fully saturated rings. The van der Waals surface area contributed by atoms with Crippen LogP contribution < -0.4 is 10.1 Å². The molecule has 1 aromatic rings. The highest BCUT2D eigenvalue weighted by Gasteiger charge is 1.97. The molecule has 0 aliphatic heterocycles. The van der Waals surface area contributed by atoms with Crippen LogP contribution in [0.3, 0.4) is 0 Å². The average molecular weight is 177 g/mol. The second-order valence-corrected chi connectivity index (χ2v) is 2.32. The van der Waals surface area contributed by atoms with Crippen molar-refractivity contribution in [1.29, 1.82) is 5.41 Å². The summed E-state index contributed by atoms with van der Waals surface area (Å²) in [6, 6.07) is 5.33. The number of nitrogens with one attached hydrogen (secondary N) is 2. The molecule has 0 aliphatic carbocycles. The highest BCUT2D eigenvalue weighted by Crippen LogP contribution is 2.12. The van der Waals surface area contributed by atoms with Gasteiger partial charge in [-0.3, -0.25) is 0 Å². The van der Waals surface area contributed by atoms with Crippen molar-refractivity contribution in [2.45, 2.75) is 0 Å². The van der Waals surface area contributed by atoms with Crippen molar-refractivity contribution < 1.29 is 4.74 Å². The third-order valence-electron chi connectivity index (χ3n) is 1.38. The zero-order valence-electron chi connectivity index (χ0n) is 7.37. The van der Waals surface area contributed by atoms with Crippen molar-refractivity contribution in [3.8, 4) is 5.88 Å². The highest BCUT2D eigenvalue weighted by molar-refractivity contribution is 5.72. The molecule has 0 amide bonds. The van der Waals surface area contributed by atoms with Crippen LogP contribution in [-0.2, 0) is 0 Å². The molecule has 0 radical (unpaired) electrons. The van der Waals surface area contributed by atoms with E-state index in [-0.39, 0.29) is 5.76 Å². The Kier molecular flexibility index (Phi) is 3.03. The van der Waals surface area contributed by atoms with Crippen molar-refractivity contribution >= 4 is 12.0 Å². The molecule has 4 heteroatoms. The van der Waals surface area contributed by atoms with Crippen molar-refractivity contribution in [3.63, 3.8) is 0 Å². The number of hydrogen-bond donors (Lipinski definition) is 2. The molecule has 0 bridgehead atoms. The molecule has 68 valence electrons. The minimum absolute atomic E-state index is 0.265. The minimum atomic E-state index is 0.265. The van der Waals surface area contributed by atoms with E-state index in [1.165, 1.54) is 0 Å². The van der Waals surface area contributed by atoms with Crippen LogP contribution in [0.2, 0.25) is 0 Å². The van der Waals surface area contributed by atoms with Gasteiger partial charge in [0.15, 0.2) is 0 Å². The van der Waals surface area contributed by atoms with Crippen LogP contribution in [0.25, 0.3) is 0 Å². The number of aromatic nitrogens is 1. The SMILES string of the molecule is C=C(C=N)Oc1cccc(NC)n1. The van der Waals surface area contributed by atoms with Crippen LogP contribution in [0.1, 0.15) is 0 Å². The summed E-state index contributed by atoms with van der Waals surface area (Å²) in [6.45, 7) is 3.50. The normalized spacial score (nSPS) is 9.00. The number of pyridine rings is 1. The summed E-state index contributed by atoms with van der Waals surface area (Å²) >= 11 is 0. The van der Waals surface area contributed by atoms with E-state index in [0.717, 1.165) is 12.0 Å². The van der Waals surface area contributed by atoms with Gasteiger partial charge in [-0.05, 0) is 6.07 Å². The number of anilines is 1. The van der Waals surface area contributed by atoms with Gasteiger partial charge in [0.05, 0.1) is 6.21 Å². The first-order valence-electron chi connectivity index (χ1n) is 3.78. The third-order valence-corrected chi connectivity index (χ3v) is 1.38.